The van der Waals surface area contributed by atoms with Gasteiger partial charge in [0.25, 0.3) is 0 Å². The third-order valence-corrected chi connectivity index (χ3v) is 6.99. The Kier molecular flexibility index (Phi) is 4.97. The predicted octanol–water partition coefficient (Wildman–Crippen LogP) is 2.52. The zero-order chi connectivity index (χ0) is 14.1. The summed E-state index contributed by atoms with van der Waals surface area (Å²) < 4.78 is 33.0. The van der Waals surface area contributed by atoms with E-state index in [1.54, 1.807) is 4.31 Å². The van der Waals surface area contributed by atoms with E-state index in [9.17, 15) is 8.42 Å². The number of halogens is 1. The first-order chi connectivity index (χ1) is 8.85. The topological polar surface area (TPSA) is 46.6 Å². The van der Waals surface area contributed by atoms with Gasteiger partial charge in [-0.15, -0.1) is 0 Å². The van der Waals surface area contributed by atoms with Crippen LogP contribution >= 0.6 is 15.9 Å². The van der Waals surface area contributed by atoms with Gasteiger partial charge < -0.3 is 4.74 Å². The Balaban J connectivity index is 2.14. The molecule has 1 aliphatic heterocycles. The van der Waals surface area contributed by atoms with Crippen LogP contribution in [0, 0.1) is 0 Å². The van der Waals surface area contributed by atoms with Crippen molar-refractivity contribution in [2.75, 3.05) is 18.4 Å². The molecule has 0 aromatic heterocycles. The molecule has 19 heavy (non-hydrogen) atoms. The maximum atomic E-state index is 12.7. The number of morpholine rings is 1. The average molecular weight is 354 g/mol. The second-order valence-corrected chi connectivity index (χ2v) is 9.11. The molecular weight excluding hydrogens is 330 g/mol. The van der Waals surface area contributed by atoms with Crippen LogP contribution in [-0.2, 0) is 14.8 Å². The molecule has 1 unspecified atom stereocenters. The molecule has 2 rings (SSSR count). The van der Waals surface area contributed by atoms with Crippen LogP contribution < -0.4 is 0 Å². The van der Waals surface area contributed by atoms with Crippen LogP contribution in [0.2, 0.25) is 0 Å². The van der Waals surface area contributed by atoms with E-state index in [2.05, 4.69) is 15.9 Å². The van der Waals surface area contributed by atoms with Gasteiger partial charge in [0, 0.05) is 18.4 Å². The molecule has 0 radical (unpaired) electrons. The van der Waals surface area contributed by atoms with E-state index in [1.165, 1.54) is 6.42 Å². The molecule has 4 nitrogen and oxygen atoms in total. The first kappa shape index (κ1) is 15.7. The average Bonchev–Trinajstić information content (AvgIpc) is 2.37. The van der Waals surface area contributed by atoms with E-state index in [-0.39, 0.29) is 11.4 Å². The molecule has 1 saturated carbocycles. The SMILES string of the molecule is CC1(C)CN(S(=O)(=O)C2CCCCC2)CC(CBr)O1. The molecule has 2 aliphatic rings. The third kappa shape index (κ3) is 3.71. The summed E-state index contributed by atoms with van der Waals surface area (Å²) >= 11 is 3.41. The number of nitrogens with zero attached hydrogens (tertiary/aromatic N) is 1. The zero-order valence-electron chi connectivity index (χ0n) is 11.8. The molecule has 0 N–H and O–H groups in total. The molecule has 0 aromatic carbocycles. The van der Waals surface area contributed by atoms with Crippen molar-refractivity contribution in [3.8, 4) is 0 Å². The zero-order valence-corrected chi connectivity index (χ0v) is 14.2. The lowest BCUT2D eigenvalue weighted by Gasteiger charge is -2.43. The summed E-state index contributed by atoms with van der Waals surface area (Å²) in [5, 5.41) is 0.499. The molecule has 112 valence electrons. The normalized spacial score (nSPS) is 30.4. The molecule has 0 bridgehead atoms. The van der Waals surface area contributed by atoms with E-state index >= 15 is 0 Å². The Morgan fingerprint density at radius 1 is 1.26 bits per heavy atom. The lowest BCUT2D eigenvalue weighted by atomic mass is 10.0. The highest BCUT2D eigenvalue weighted by molar-refractivity contribution is 9.09. The van der Waals surface area contributed by atoms with Crippen molar-refractivity contribution in [1.82, 2.24) is 4.31 Å². The van der Waals surface area contributed by atoms with Crippen LogP contribution in [-0.4, -0.2) is 48.1 Å². The lowest BCUT2D eigenvalue weighted by Crippen LogP contribution is -2.56. The third-order valence-electron chi connectivity index (χ3n) is 3.96. The summed E-state index contributed by atoms with van der Waals surface area (Å²) in [5.41, 5.74) is -0.404. The van der Waals surface area contributed by atoms with Gasteiger partial charge in [0.1, 0.15) is 0 Å². The number of sulfonamides is 1. The van der Waals surface area contributed by atoms with E-state index in [0.29, 0.717) is 18.4 Å². The Morgan fingerprint density at radius 2 is 1.89 bits per heavy atom. The van der Waals surface area contributed by atoms with Crippen LogP contribution in [0.25, 0.3) is 0 Å². The highest BCUT2D eigenvalue weighted by Gasteiger charge is 2.41. The van der Waals surface area contributed by atoms with Crippen molar-refractivity contribution < 1.29 is 13.2 Å². The fourth-order valence-corrected chi connectivity index (χ4v) is 5.64. The van der Waals surface area contributed by atoms with Crippen LogP contribution in [0.4, 0.5) is 0 Å². The first-order valence-electron chi connectivity index (χ1n) is 7.08. The van der Waals surface area contributed by atoms with Gasteiger partial charge in [0.15, 0.2) is 0 Å². The highest BCUT2D eigenvalue weighted by atomic mass is 79.9. The molecule has 0 amide bonds. The minimum Gasteiger partial charge on any atom is -0.369 e. The number of hydrogen-bond acceptors (Lipinski definition) is 3. The number of ether oxygens (including phenoxy) is 1. The van der Waals surface area contributed by atoms with E-state index in [0.717, 1.165) is 25.7 Å². The maximum Gasteiger partial charge on any atom is 0.217 e. The molecule has 6 heteroatoms. The minimum absolute atomic E-state index is 0.0536. The lowest BCUT2D eigenvalue weighted by molar-refractivity contribution is -0.107. The van der Waals surface area contributed by atoms with Crippen LogP contribution in [0.15, 0.2) is 0 Å². The van der Waals surface area contributed by atoms with Crippen molar-refractivity contribution in [1.29, 1.82) is 0 Å². The second-order valence-electron chi connectivity index (χ2n) is 6.25. The van der Waals surface area contributed by atoms with Gasteiger partial charge in [-0.25, -0.2) is 8.42 Å². The van der Waals surface area contributed by atoms with Gasteiger partial charge >= 0.3 is 0 Å². The molecule has 1 aliphatic carbocycles. The molecular formula is C13H24BrNO3S. The number of rotatable bonds is 3. The molecule has 1 atom stereocenters. The van der Waals surface area contributed by atoms with Crippen LogP contribution in [0.5, 0.6) is 0 Å². The molecule has 2 fully saturated rings. The van der Waals surface area contributed by atoms with Gasteiger partial charge in [-0.3, -0.25) is 0 Å². The standard InChI is InChI=1S/C13H24BrNO3S/c1-13(2)10-15(9-11(8-14)18-13)19(16,17)12-6-4-3-5-7-12/h11-12H,3-10H2,1-2H3. The van der Waals surface area contributed by atoms with Crippen LogP contribution in [0.1, 0.15) is 46.0 Å². The first-order valence-corrected chi connectivity index (χ1v) is 9.70. The van der Waals surface area contributed by atoms with Crippen molar-refractivity contribution in [2.45, 2.75) is 62.9 Å². The van der Waals surface area contributed by atoms with Gasteiger partial charge in [-0.2, -0.15) is 4.31 Å². The molecule has 1 heterocycles. The van der Waals surface area contributed by atoms with Crippen molar-refractivity contribution in [3.63, 3.8) is 0 Å². The summed E-state index contributed by atoms with van der Waals surface area (Å²) in [5.74, 6) is 0. The van der Waals surface area contributed by atoms with Gasteiger partial charge in [-0.05, 0) is 26.7 Å². The summed E-state index contributed by atoms with van der Waals surface area (Å²) in [4.78, 5) is 0. The summed E-state index contributed by atoms with van der Waals surface area (Å²) in [7, 11) is -3.17. The van der Waals surface area contributed by atoms with Gasteiger partial charge in [0.05, 0.1) is 17.0 Å². The number of alkyl halides is 1. The Bertz CT molecular complexity index is 404. The highest BCUT2D eigenvalue weighted by Crippen LogP contribution is 2.30. The van der Waals surface area contributed by atoms with Crippen LogP contribution in [0.3, 0.4) is 0 Å². The quantitative estimate of drug-likeness (QED) is 0.732. The molecule has 0 spiro atoms. The second kappa shape index (κ2) is 6.00. The van der Waals surface area contributed by atoms with Crippen molar-refractivity contribution in [2.24, 2.45) is 0 Å². The summed E-state index contributed by atoms with van der Waals surface area (Å²) in [6.45, 7) is 4.87. The van der Waals surface area contributed by atoms with Crippen molar-refractivity contribution >= 4 is 26.0 Å². The number of hydrogen-bond donors (Lipinski definition) is 0. The van der Waals surface area contributed by atoms with Gasteiger partial charge in [-0.1, -0.05) is 35.2 Å². The van der Waals surface area contributed by atoms with E-state index in [1.807, 2.05) is 13.8 Å². The fourth-order valence-electron chi connectivity index (χ4n) is 3.09. The smallest absolute Gasteiger partial charge is 0.217 e. The fraction of sp³-hybridized carbons (Fsp3) is 1.00. The maximum absolute atomic E-state index is 12.7. The molecule has 1 saturated heterocycles. The summed E-state index contributed by atoms with van der Waals surface area (Å²) in [6.07, 6.45) is 4.84. The van der Waals surface area contributed by atoms with Gasteiger partial charge in [0.2, 0.25) is 10.0 Å². The Labute approximate surface area is 125 Å². The largest absolute Gasteiger partial charge is 0.369 e. The van der Waals surface area contributed by atoms with E-state index < -0.39 is 15.6 Å². The summed E-state index contributed by atoms with van der Waals surface area (Å²) in [6, 6.07) is 0. The minimum atomic E-state index is -3.17. The molecule has 0 aromatic rings. The van der Waals surface area contributed by atoms with Crippen molar-refractivity contribution in [3.05, 3.63) is 0 Å². The Morgan fingerprint density at radius 3 is 2.47 bits per heavy atom. The van der Waals surface area contributed by atoms with E-state index in [4.69, 9.17) is 4.74 Å². The predicted molar refractivity (Wildman–Crippen MR) is 80.1 cm³/mol. The Hall–Kier alpha value is 0.350. The monoisotopic (exact) mass is 353 g/mol.